The summed E-state index contributed by atoms with van der Waals surface area (Å²) in [4.78, 5) is 19.4. The van der Waals surface area contributed by atoms with E-state index in [1.807, 2.05) is 24.3 Å². The average molecular weight is 262 g/mol. The van der Waals surface area contributed by atoms with Gasteiger partial charge in [-0.2, -0.15) is 0 Å². The molecule has 0 aliphatic carbocycles. The van der Waals surface area contributed by atoms with Gasteiger partial charge in [-0.1, -0.05) is 23.7 Å². The fraction of sp³-hybridized carbons (Fsp3) is 0.231. The molecule has 1 aromatic heterocycles. The topological polar surface area (TPSA) is 57.8 Å². The van der Waals surface area contributed by atoms with Crippen molar-refractivity contribution in [1.29, 1.82) is 0 Å². The van der Waals surface area contributed by atoms with Gasteiger partial charge in [-0.25, -0.2) is 4.98 Å². The highest BCUT2D eigenvalue weighted by Gasteiger charge is 2.20. The van der Waals surface area contributed by atoms with Crippen LogP contribution < -0.4 is 5.32 Å². The van der Waals surface area contributed by atoms with Crippen LogP contribution in [0.15, 0.2) is 24.3 Å². The number of fused-ring (bicyclic) bond motifs is 1. The second-order valence-corrected chi connectivity index (χ2v) is 4.72. The van der Waals surface area contributed by atoms with Crippen LogP contribution in [0.2, 0.25) is 5.02 Å². The lowest BCUT2D eigenvalue weighted by Crippen LogP contribution is -2.23. The highest BCUT2D eigenvalue weighted by molar-refractivity contribution is 6.30. The molecular formula is C13H12ClN3O. The first-order chi connectivity index (χ1) is 8.74. The SMILES string of the molecule is O=C1NCCCc2[nH]c(-c3cccc(Cl)c3)nc21. The predicted octanol–water partition coefficient (Wildman–Crippen LogP) is 2.41. The Morgan fingerprint density at radius 1 is 1.33 bits per heavy atom. The molecule has 1 aromatic carbocycles. The zero-order chi connectivity index (χ0) is 12.5. The Hall–Kier alpha value is -1.81. The summed E-state index contributed by atoms with van der Waals surface area (Å²) >= 11 is 5.96. The molecule has 2 aromatic rings. The summed E-state index contributed by atoms with van der Waals surface area (Å²) in [7, 11) is 0. The molecule has 18 heavy (non-hydrogen) atoms. The van der Waals surface area contributed by atoms with Gasteiger partial charge in [0.05, 0.1) is 0 Å². The quantitative estimate of drug-likeness (QED) is 0.828. The monoisotopic (exact) mass is 261 g/mol. The van der Waals surface area contributed by atoms with Crippen LogP contribution in [0.4, 0.5) is 0 Å². The summed E-state index contributed by atoms with van der Waals surface area (Å²) in [6.07, 6.45) is 1.76. The lowest BCUT2D eigenvalue weighted by atomic mass is 10.2. The Morgan fingerprint density at radius 3 is 3.06 bits per heavy atom. The van der Waals surface area contributed by atoms with Crippen LogP contribution in [0, 0.1) is 0 Å². The molecule has 2 N–H and O–H groups in total. The predicted molar refractivity (Wildman–Crippen MR) is 69.7 cm³/mol. The minimum atomic E-state index is -0.105. The molecule has 0 atom stereocenters. The Balaban J connectivity index is 2.05. The summed E-state index contributed by atoms with van der Waals surface area (Å²) < 4.78 is 0. The van der Waals surface area contributed by atoms with E-state index >= 15 is 0 Å². The number of nitrogens with zero attached hydrogens (tertiary/aromatic N) is 1. The van der Waals surface area contributed by atoms with E-state index in [1.54, 1.807) is 0 Å². The zero-order valence-electron chi connectivity index (χ0n) is 9.66. The number of amides is 1. The van der Waals surface area contributed by atoms with E-state index in [9.17, 15) is 4.79 Å². The number of halogens is 1. The van der Waals surface area contributed by atoms with E-state index in [0.29, 0.717) is 23.1 Å². The summed E-state index contributed by atoms with van der Waals surface area (Å²) in [5.41, 5.74) is 2.30. The van der Waals surface area contributed by atoms with Gasteiger partial charge in [-0.3, -0.25) is 4.79 Å². The molecule has 3 rings (SSSR count). The summed E-state index contributed by atoms with van der Waals surface area (Å²) in [5.74, 6) is 0.589. The third-order valence-corrected chi connectivity index (χ3v) is 3.22. The normalized spacial score (nSPS) is 14.8. The molecule has 0 saturated carbocycles. The van der Waals surface area contributed by atoms with Gasteiger partial charge >= 0.3 is 0 Å². The second-order valence-electron chi connectivity index (χ2n) is 4.28. The Morgan fingerprint density at radius 2 is 2.22 bits per heavy atom. The van der Waals surface area contributed by atoms with Gasteiger partial charge in [-0.15, -0.1) is 0 Å². The van der Waals surface area contributed by atoms with Gasteiger partial charge in [0.1, 0.15) is 11.5 Å². The van der Waals surface area contributed by atoms with Gasteiger partial charge < -0.3 is 10.3 Å². The van der Waals surface area contributed by atoms with Crippen LogP contribution in [0.5, 0.6) is 0 Å². The Kier molecular flexibility index (Phi) is 2.80. The van der Waals surface area contributed by atoms with Crippen LogP contribution in [-0.2, 0) is 6.42 Å². The molecule has 2 heterocycles. The Labute approximate surface area is 109 Å². The maximum Gasteiger partial charge on any atom is 0.271 e. The molecule has 5 heteroatoms. The number of carbonyl (C=O) groups excluding carboxylic acids is 1. The van der Waals surface area contributed by atoms with E-state index in [1.165, 1.54) is 0 Å². The van der Waals surface area contributed by atoms with E-state index < -0.39 is 0 Å². The van der Waals surface area contributed by atoms with E-state index in [2.05, 4.69) is 15.3 Å². The van der Waals surface area contributed by atoms with Crippen molar-refractivity contribution in [3.63, 3.8) is 0 Å². The van der Waals surface area contributed by atoms with Gasteiger partial charge in [0, 0.05) is 22.8 Å². The minimum Gasteiger partial charge on any atom is -0.351 e. The number of carbonyl (C=O) groups is 1. The van der Waals surface area contributed by atoms with Crippen molar-refractivity contribution in [1.82, 2.24) is 15.3 Å². The standard InChI is InChI=1S/C13H12ClN3O/c14-9-4-1-3-8(7-9)12-16-10-5-2-6-15-13(18)11(10)17-12/h1,3-4,7H,2,5-6H2,(H,15,18)(H,16,17). The van der Waals surface area contributed by atoms with Crippen molar-refractivity contribution in [2.75, 3.05) is 6.54 Å². The molecule has 1 amide bonds. The lowest BCUT2D eigenvalue weighted by Gasteiger charge is -1.98. The molecule has 4 nitrogen and oxygen atoms in total. The first-order valence-corrected chi connectivity index (χ1v) is 6.25. The van der Waals surface area contributed by atoms with Gasteiger partial charge in [-0.05, 0) is 25.0 Å². The number of hydrogen-bond acceptors (Lipinski definition) is 2. The molecule has 0 unspecified atom stereocenters. The molecule has 0 spiro atoms. The first-order valence-electron chi connectivity index (χ1n) is 5.87. The zero-order valence-corrected chi connectivity index (χ0v) is 10.4. The second kappa shape index (κ2) is 4.46. The maximum absolute atomic E-state index is 11.8. The van der Waals surface area contributed by atoms with E-state index in [0.717, 1.165) is 24.1 Å². The first kappa shape index (κ1) is 11.3. The number of imidazole rings is 1. The molecule has 1 aliphatic rings. The van der Waals surface area contributed by atoms with Gasteiger partial charge in [0.25, 0.3) is 5.91 Å². The fourth-order valence-corrected chi connectivity index (χ4v) is 2.29. The summed E-state index contributed by atoms with van der Waals surface area (Å²) in [6, 6.07) is 7.43. The smallest absolute Gasteiger partial charge is 0.271 e. The number of aromatic nitrogens is 2. The number of rotatable bonds is 1. The average Bonchev–Trinajstić information content (AvgIpc) is 2.71. The van der Waals surface area contributed by atoms with Crippen molar-refractivity contribution in [3.05, 3.63) is 40.7 Å². The van der Waals surface area contributed by atoms with Crippen molar-refractivity contribution < 1.29 is 4.79 Å². The highest BCUT2D eigenvalue weighted by atomic mass is 35.5. The van der Waals surface area contributed by atoms with Crippen LogP contribution >= 0.6 is 11.6 Å². The third-order valence-electron chi connectivity index (χ3n) is 2.98. The maximum atomic E-state index is 11.8. The van der Waals surface area contributed by atoms with Crippen LogP contribution in [0.25, 0.3) is 11.4 Å². The van der Waals surface area contributed by atoms with Crippen molar-refractivity contribution in [2.24, 2.45) is 0 Å². The number of H-pyrrole nitrogens is 1. The molecule has 0 radical (unpaired) electrons. The van der Waals surface area contributed by atoms with Crippen molar-refractivity contribution >= 4 is 17.5 Å². The van der Waals surface area contributed by atoms with Crippen molar-refractivity contribution in [3.8, 4) is 11.4 Å². The minimum absolute atomic E-state index is 0.105. The van der Waals surface area contributed by atoms with Crippen LogP contribution in [-0.4, -0.2) is 22.4 Å². The number of hydrogen-bond donors (Lipinski definition) is 2. The molecular weight excluding hydrogens is 250 g/mol. The number of aryl methyl sites for hydroxylation is 1. The van der Waals surface area contributed by atoms with Gasteiger partial charge in [0.15, 0.2) is 0 Å². The van der Waals surface area contributed by atoms with Crippen molar-refractivity contribution in [2.45, 2.75) is 12.8 Å². The van der Waals surface area contributed by atoms with Gasteiger partial charge in [0.2, 0.25) is 0 Å². The van der Waals surface area contributed by atoms with E-state index in [-0.39, 0.29) is 5.91 Å². The molecule has 0 fully saturated rings. The number of aromatic amines is 1. The molecule has 0 bridgehead atoms. The lowest BCUT2D eigenvalue weighted by molar-refractivity contribution is 0.0951. The summed E-state index contributed by atoms with van der Waals surface area (Å²) in [5, 5.41) is 3.49. The molecule has 1 aliphatic heterocycles. The Bertz CT molecular complexity index is 606. The van der Waals surface area contributed by atoms with Crippen LogP contribution in [0.3, 0.4) is 0 Å². The highest BCUT2D eigenvalue weighted by Crippen LogP contribution is 2.22. The number of nitrogens with one attached hydrogen (secondary N) is 2. The van der Waals surface area contributed by atoms with Crippen LogP contribution in [0.1, 0.15) is 22.6 Å². The molecule has 0 saturated heterocycles. The third kappa shape index (κ3) is 1.99. The fourth-order valence-electron chi connectivity index (χ4n) is 2.10. The largest absolute Gasteiger partial charge is 0.351 e. The number of benzene rings is 1. The molecule has 92 valence electrons. The van der Waals surface area contributed by atoms with E-state index in [4.69, 9.17) is 11.6 Å². The summed E-state index contributed by atoms with van der Waals surface area (Å²) in [6.45, 7) is 0.704.